The van der Waals surface area contributed by atoms with E-state index in [0.717, 1.165) is 5.52 Å². The number of para-hydroxylation sites is 2. The fourth-order valence-electron chi connectivity index (χ4n) is 2.77. The molecular formula is C18H19N3O3. The number of aryl methyl sites for hydroxylation is 2. The maximum Gasteiger partial charge on any atom is 0.272 e. The standard InChI is InChI=1S/C18H19N3O3/c1-4-21-10-9-14-12(18(21)23)11-15(20(14)2)17(22)19-13-7-5-6-8-16(13)24-3/h5-11H,4H2,1-3H3,(H,19,22). The number of anilines is 1. The smallest absolute Gasteiger partial charge is 0.272 e. The van der Waals surface area contributed by atoms with E-state index in [-0.39, 0.29) is 11.5 Å². The van der Waals surface area contributed by atoms with E-state index in [1.807, 2.05) is 25.1 Å². The summed E-state index contributed by atoms with van der Waals surface area (Å²) in [6.45, 7) is 2.50. The number of fused-ring (bicyclic) bond motifs is 1. The molecule has 3 aromatic rings. The van der Waals surface area contributed by atoms with Crippen LogP contribution in [0.1, 0.15) is 17.4 Å². The number of aromatic nitrogens is 2. The Labute approximate surface area is 139 Å². The quantitative estimate of drug-likeness (QED) is 0.802. The Balaban J connectivity index is 2.03. The van der Waals surface area contributed by atoms with E-state index >= 15 is 0 Å². The van der Waals surface area contributed by atoms with Crippen LogP contribution in [0, 0.1) is 0 Å². The van der Waals surface area contributed by atoms with Crippen LogP contribution in [0.3, 0.4) is 0 Å². The van der Waals surface area contributed by atoms with E-state index in [4.69, 9.17) is 4.74 Å². The van der Waals surface area contributed by atoms with E-state index in [1.54, 1.807) is 47.7 Å². The van der Waals surface area contributed by atoms with Gasteiger partial charge in [-0.05, 0) is 31.2 Å². The molecule has 6 nitrogen and oxygen atoms in total. The highest BCUT2D eigenvalue weighted by molar-refractivity contribution is 6.06. The maximum absolute atomic E-state index is 12.6. The van der Waals surface area contributed by atoms with E-state index in [0.29, 0.717) is 29.1 Å². The lowest BCUT2D eigenvalue weighted by Crippen LogP contribution is -2.17. The molecule has 0 atom stereocenters. The van der Waals surface area contributed by atoms with Crippen LogP contribution in [0.4, 0.5) is 5.69 Å². The second-order valence-electron chi connectivity index (χ2n) is 5.45. The summed E-state index contributed by atoms with van der Waals surface area (Å²) in [4.78, 5) is 25.0. The lowest BCUT2D eigenvalue weighted by Gasteiger charge is -2.10. The predicted octanol–water partition coefficient (Wildman–Crippen LogP) is 2.62. The van der Waals surface area contributed by atoms with Crippen molar-refractivity contribution in [1.29, 1.82) is 0 Å². The maximum atomic E-state index is 12.6. The minimum absolute atomic E-state index is 0.0954. The SMILES string of the molecule is CCn1ccc2c(cc(C(=O)Nc3ccccc3OC)n2C)c1=O. The third-order valence-electron chi connectivity index (χ3n) is 4.11. The number of hydrogen-bond donors (Lipinski definition) is 1. The first-order chi connectivity index (χ1) is 11.6. The average Bonchev–Trinajstić information content (AvgIpc) is 2.94. The van der Waals surface area contributed by atoms with Gasteiger partial charge in [0.05, 0.1) is 23.7 Å². The molecule has 0 saturated carbocycles. The van der Waals surface area contributed by atoms with Crippen molar-refractivity contribution in [2.75, 3.05) is 12.4 Å². The van der Waals surface area contributed by atoms with Gasteiger partial charge in [-0.25, -0.2) is 0 Å². The normalized spacial score (nSPS) is 10.8. The second kappa shape index (κ2) is 6.23. The number of carbonyl (C=O) groups is 1. The third-order valence-corrected chi connectivity index (χ3v) is 4.11. The Hall–Kier alpha value is -3.02. The number of nitrogens with zero attached hydrogens (tertiary/aromatic N) is 2. The van der Waals surface area contributed by atoms with Gasteiger partial charge in [0, 0.05) is 19.8 Å². The van der Waals surface area contributed by atoms with Crippen LogP contribution in [-0.4, -0.2) is 22.2 Å². The van der Waals surface area contributed by atoms with Crippen molar-refractivity contribution in [3.63, 3.8) is 0 Å². The minimum atomic E-state index is -0.291. The number of rotatable bonds is 4. The molecule has 0 radical (unpaired) electrons. The van der Waals surface area contributed by atoms with Crippen LogP contribution in [0.15, 0.2) is 47.4 Å². The molecule has 0 unspecified atom stereocenters. The van der Waals surface area contributed by atoms with Gasteiger partial charge >= 0.3 is 0 Å². The molecule has 1 amide bonds. The molecule has 0 bridgehead atoms. The van der Waals surface area contributed by atoms with E-state index in [2.05, 4.69) is 5.32 Å². The highest BCUT2D eigenvalue weighted by Crippen LogP contribution is 2.24. The van der Waals surface area contributed by atoms with Crippen molar-refractivity contribution in [3.8, 4) is 5.75 Å². The first kappa shape index (κ1) is 15.9. The zero-order chi connectivity index (χ0) is 17.3. The van der Waals surface area contributed by atoms with Gasteiger partial charge in [-0.15, -0.1) is 0 Å². The van der Waals surface area contributed by atoms with Crippen molar-refractivity contribution in [2.45, 2.75) is 13.5 Å². The van der Waals surface area contributed by atoms with Gasteiger partial charge in [-0.3, -0.25) is 9.59 Å². The number of amides is 1. The molecule has 6 heteroatoms. The van der Waals surface area contributed by atoms with Crippen LogP contribution in [0.2, 0.25) is 0 Å². The molecule has 2 heterocycles. The van der Waals surface area contributed by atoms with Gasteiger partial charge in [0.1, 0.15) is 11.4 Å². The number of methoxy groups -OCH3 is 1. The van der Waals surface area contributed by atoms with Crippen molar-refractivity contribution >= 4 is 22.5 Å². The Morgan fingerprint density at radius 3 is 2.71 bits per heavy atom. The number of carbonyl (C=O) groups excluding carboxylic acids is 1. The Bertz CT molecular complexity index is 969. The molecule has 0 aliphatic carbocycles. The average molecular weight is 325 g/mol. The molecule has 0 saturated heterocycles. The number of pyridine rings is 1. The summed E-state index contributed by atoms with van der Waals surface area (Å²) in [5, 5.41) is 3.37. The molecule has 0 spiro atoms. The molecule has 124 valence electrons. The zero-order valence-electron chi connectivity index (χ0n) is 13.9. The predicted molar refractivity (Wildman–Crippen MR) is 93.8 cm³/mol. The van der Waals surface area contributed by atoms with Crippen LogP contribution in [-0.2, 0) is 13.6 Å². The fraction of sp³-hybridized carbons (Fsp3) is 0.222. The molecule has 2 aromatic heterocycles. The number of ether oxygens (including phenoxy) is 1. The van der Waals surface area contributed by atoms with Gasteiger partial charge in [-0.2, -0.15) is 0 Å². The van der Waals surface area contributed by atoms with E-state index in [1.165, 1.54) is 0 Å². The van der Waals surface area contributed by atoms with Gasteiger partial charge in [-0.1, -0.05) is 12.1 Å². The first-order valence-corrected chi connectivity index (χ1v) is 7.70. The molecule has 0 aliphatic rings. The monoisotopic (exact) mass is 325 g/mol. The summed E-state index contributed by atoms with van der Waals surface area (Å²) in [7, 11) is 3.32. The molecule has 24 heavy (non-hydrogen) atoms. The van der Waals surface area contributed by atoms with E-state index in [9.17, 15) is 9.59 Å². The summed E-state index contributed by atoms with van der Waals surface area (Å²) in [6, 6.07) is 10.7. The summed E-state index contributed by atoms with van der Waals surface area (Å²) >= 11 is 0. The molecule has 1 N–H and O–H groups in total. The second-order valence-corrected chi connectivity index (χ2v) is 5.45. The molecular weight excluding hydrogens is 306 g/mol. The van der Waals surface area contributed by atoms with Gasteiger partial charge in [0.15, 0.2) is 0 Å². The fourth-order valence-corrected chi connectivity index (χ4v) is 2.77. The number of nitrogens with one attached hydrogen (secondary N) is 1. The Kier molecular flexibility index (Phi) is 4.12. The number of benzene rings is 1. The summed E-state index contributed by atoms with van der Waals surface area (Å²) in [6.07, 6.45) is 1.74. The zero-order valence-corrected chi connectivity index (χ0v) is 13.9. The largest absolute Gasteiger partial charge is 0.495 e. The Morgan fingerprint density at radius 1 is 1.25 bits per heavy atom. The van der Waals surface area contributed by atoms with Crippen molar-refractivity contribution < 1.29 is 9.53 Å². The molecule has 1 aromatic carbocycles. The summed E-state index contributed by atoms with van der Waals surface area (Å²) in [5.74, 6) is 0.290. The summed E-state index contributed by atoms with van der Waals surface area (Å²) in [5.41, 5.74) is 1.64. The van der Waals surface area contributed by atoms with Gasteiger partial charge in [0.2, 0.25) is 0 Å². The molecule has 0 aliphatic heterocycles. The lowest BCUT2D eigenvalue weighted by atomic mass is 10.2. The molecule has 0 fully saturated rings. The lowest BCUT2D eigenvalue weighted by molar-refractivity contribution is 0.101. The van der Waals surface area contributed by atoms with E-state index < -0.39 is 0 Å². The minimum Gasteiger partial charge on any atom is -0.495 e. The van der Waals surface area contributed by atoms with Crippen LogP contribution in [0.25, 0.3) is 10.9 Å². The molecule has 3 rings (SSSR count). The van der Waals surface area contributed by atoms with Crippen LogP contribution < -0.4 is 15.6 Å². The van der Waals surface area contributed by atoms with Crippen LogP contribution >= 0.6 is 0 Å². The van der Waals surface area contributed by atoms with Crippen molar-refractivity contribution in [2.24, 2.45) is 7.05 Å². The third kappa shape index (κ3) is 2.56. The van der Waals surface area contributed by atoms with Crippen molar-refractivity contribution in [3.05, 3.63) is 58.6 Å². The van der Waals surface area contributed by atoms with Crippen LogP contribution in [0.5, 0.6) is 5.75 Å². The topological polar surface area (TPSA) is 65.3 Å². The highest BCUT2D eigenvalue weighted by atomic mass is 16.5. The highest BCUT2D eigenvalue weighted by Gasteiger charge is 2.17. The number of hydrogen-bond acceptors (Lipinski definition) is 3. The Morgan fingerprint density at radius 2 is 2.00 bits per heavy atom. The van der Waals surface area contributed by atoms with Crippen molar-refractivity contribution in [1.82, 2.24) is 9.13 Å². The summed E-state index contributed by atoms with van der Waals surface area (Å²) < 4.78 is 8.58. The first-order valence-electron chi connectivity index (χ1n) is 7.70. The van der Waals surface area contributed by atoms with Gasteiger partial charge in [0.25, 0.3) is 11.5 Å². The van der Waals surface area contributed by atoms with Gasteiger partial charge < -0.3 is 19.2 Å².